The summed E-state index contributed by atoms with van der Waals surface area (Å²) in [4.78, 5) is 32.1. The second-order valence-electron chi connectivity index (χ2n) is 8.89. The van der Waals surface area contributed by atoms with Gasteiger partial charge in [0.1, 0.15) is 5.75 Å². The van der Waals surface area contributed by atoms with Crippen molar-refractivity contribution in [3.05, 3.63) is 29.3 Å². The van der Waals surface area contributed by atoms with E-state index in [2.05, 4.69) is 9.80 Å². The SMILES string of the molecule is Cc1ccc(C(=O)N2CCC(N3CCC[C@H](C(=O)N4CCCC4)C3)CC2)cc1O. The average molecular weight is 400 g/mol. The number of piperidine rings is 2. The summed E-state index contributed by atoms with van der Waals surface area (Å²) in [7, 11) is 0. The predicted octanol–water partition coefficient (Wildman–Crippen LogP) is 2.64. The minimum atomic E-state index is -0.000480. The zero-order chi connectivity index (χ0) is 20.4. The third-order valence-corrected chi connectivity index (χ3v) is 6.94. The number of amides is 2. The highest BCUT2D eigenvalue weighted by molar-refractivity contribution is 5.94. The molecule has 6 heteroatoms. The van der Waals surface area contributed by atoms with Crippen LogP contribution in [0.4, 0.5) is 0 Å². The van der Waals surface area contributed by atoms with Crippen LogP contribution in [0.25, 0.3) is 0 Å². The Bertz CT molecular complexity index is 752. The van der Waals surface area contributed by atoms with Crippen molar-refractivity contribution in [2.45, 2.75) is 51.5 Å². The molecule has 0 radical (unpaired) electrons. The number of aromatic hydroxyl groups is 1. The van der Waals surface area contributed by atoms with Crippen molar-refractivity contribution < 1.29 is 14.7 Å². The summed E-state index contributed by atoms with van der Waals surface area (Å²) in [6, 6.07) is 5.62. The molecule has 3 aliphatic heterocycles. The summed E-state index contributed by atoms with van der Waals surface area (Å²) < 4.78 is 0. The highest BCUT2D eigenvalue weighted by Crippen LogP contribution is 2.27. The van der Waals surface area contributed by atoms with Gasteiger partial charge < -0.3 is 14.9 Å². The minimum absolute atomic E-state index is 0.000480. The number of benzene rings is 1. The van der Waals surface area contributed by atoms with E-state index in [1.807, 2.05) is 11.8 Å². The lowest BCUT2D eigenvalue weighted by Crippen LogP contribution is -2.51. The van der Waals surface area contributed by atoms with Crippen molar-refractivity contribution in [1.82, 2.24) is 14.7 Å². The molecule has 1 N–H and O–H groups in total. The van der Waals surface area contributed by atoms with Crippen molar-refractivity contribution in [1.29, 1.82) is 0 Å². The zero-order valence-corrected chi connectivity index (χ0v) is 17.5. The van der Waals surface area contributed by atoms with Gasteiger partial charge in [0.2, 0.25) is 5.91 Å². The minimum Gasteiger partial charge on any atom is -0.508 e. The highest BCUT2D eigenvalue weighted by Gasteiger charge is 2.34. The van der Waals surface area contributed by atoms with Crippen molar-refractivity contribution in [2.75, 3.05) is 39.3 Å². The van der Waals surface area contributed by atoms with Gasteiger partial charge in [-0.3, -0.25) is 14.5 Å². The maximum Gasteiger partial charge on any atom is 0.253 e. The Balaban J connectivity index is 1.31. The number of hydrogen-bond acceptors (Lipinski definition) is 4. The van der Waals surface area contributed by atoms with E-state index in [0.717, 1.165) is 83.4 Å². The van der Waals surface area contributed by atoms with Gasteiger partial charge in [0.15, 0.2) is 0 Å². The van der Waals surface area contributed by atoms with Gasteiger partial charge in [0.05, 0.1) is 5.92 Å². The van der Waals surface area contributed by atoms with Crippen LogP contribution in [0.5, 0.6) is 5.75 Å². The molecule has 1 aromatic carbocycles. The van der Waals surface area contributed by atoms with Crippen molar-refractivity contribution >= 4 is 11.8 Å². The standard InChI is InChI=1S/C23H33N3O3/c1-17-6-7-18(15-21(17)27)22(28)25-13-8-20(9-14-25)26-12-4-5-19(16-26)23(29)24-10-2-3-11-24/h6-7,15,19-20,27H,2-5,8-14,16H2,1H3/t19-/m0/s1. The summed E-state index contributed by atoms with van der Waals surface area (Å²) in [5.74, 6) is 0.684. The van der Waals surface area contributed by atoms with Gasteiger partial charge in [0.25, 0.3) is 5.91 Å². The summed E-state index contributed by atoms with van der Waals surface area (Å²) in [5, 5.41) is 9.90. The zero-order valence-electron chi connectivity index (χ0n) is 17.5. The fraction of sp³-hybridized carbons (Fsp3) is 0.652. The fourth-order valence-electron chi connectivity index (χ4n) is 5.09. The molecule has 0 aromatic heterocycles. The lowest BCUT2D eigenvalue weighted by Gasteiger charge is -2.42. The van der Waals surface area contributed by atoms with Crippen molar-refractivity contribution in [3.63, 3.8) is 0 Å². The molecule has 1 atom stereocenters. The average Bonchev–Trinajstić information content (AvgIpc) is 3.30. The molecule has 3 fully saturated rings. The first kappa shape index (κ1) is 20.2. The Hall–Kier alpha value is -2.08. The van der Waals surface area contributed by atoms with Crippen LogP contribution in [-0.2, 0) is 4.79 Å². The van der Waals surface area contributed by atoms with Crippen LogP contribution in [0.2, 0.25) is 0 Å². The lowest BCUT2D eigenvalue weighted by molar-refractivity contribution is -0.136. The summed E-state index contributed by atoms with van der Waals surface area (Å²) in [5.41, 5.74) is 1.34. The lowest BCUT2D eigenvalue weighted by atomic mass is 9.92. The van der Waals surface area contributed by atoms with E-state index >= 15 is 0 Å². The first-order chi connectivity index (χ1) is 14.0. The van der Waals surface area contributed by atoms with E-state index < -0.39 is 0 Å². The predicted molar refractivity (Wildman–Crippen MR) is 112 cm³/mol. The third kappa shape index (κ3) is 4.42. The van der Waals surface area contributed by atoms with E-state index in [0.29, 0.717) is 17.5 Å². The Labute approximate surface area is 173 Å². The van der Waals surface area contributed by atoms with Crippen LogP contribution < -0.4 is 0 Å². The van der Waals surface area contributed by atoms with Crippen LogP contribution in [0.15, 0.2) is 18.2 Å². The highest BCUT2D eigenvalue weighted by atomic mass is 16.3. The Morgan fingerprint density at radius 1 is 0.931 bits per heavy atom. The number of nitrogens with zero attached hydrogens (tertiary/aromatic N) is 3. The van der Waals surface area contributed by atoms with Crippen molar-refractivity contribution in [3.8, 4) is 5.75 Å². The Morgan fingerprint density at radius 3 is 2.34 bits per heavy atom. The summed E-state index contributed by atoms with van der Waals surface area (Å²) >= 11 is 0. The quantitative estimate of drug-likeness (QED) is 0.849. The van der Waals surface area contributed by atoms with Gasteiger partial charge in [-0.15, -0.1) is 0 Å². The van der Waals surface area contributed by atoms with Gasteiger partial charge in [-0.05, 0) is 69.7 Å². The second kappa shape index (κ2) is 8.74. The molecule has 158 valence electrons. The maximum absolute atomic E-state index is 12.8. The maximum atomic E-state index is 12.8. The first-order valence-electron chi connectivity index (χ1n) is 11.1. The van der Waals surface area contributed by atoms with E-state index in [4.69, 9.17) is 0 Å². The molecule has 6 nitrogen and oxygen atoms in total. The van der Waals surface area contributed by atoms with E-state index in [9.17, 15) is 14.7 Å². The molecule has 1 aromatic rings. The van der Waals surface area contributed by atoms with E-state index in [1.54, 1.807) is 18.2 Å². The smallest absolute Gasteiger partial charge is 0.253 e. The van der Waals surface area contributed by atoms with Crippen molar-refractivity contribution in [2.24, 2.45) is 5.92 Å². The molecule has 0 aliphatic carbocycles. The number of carbonyl (C=O) groups is 2. The van der Waals surface area contributed by atoms with Gasteiger partial charge in [-0.2, -0.15) is 0 Å². The number of carbonyl (C=O) groups excluding carboxylic acids is 2. The van der Waals surface area contributed by atoms with Crippen LogP contribution in [-0.4, -0.2) is 76.9 Å². The number of aryl methyl sites for hydroxylation is 1. The van der Waals surface area contributed by atoms with Gasteiger partial charge in [-0.25, -0.2) is 0 Å². The molecule has 0 bridgehead atoms. The molecule has 0 unspecified atom stereocenters. The summed E-state index contributed by atoms with van der Waals surface area (Å²) in [6.07, 6.45) is 6.30. The van der Waals surface area contributed by atoms with Gasteiger partial charge in [-0.1, -0.05) is 6.07 Å². The number of phenols is 1. The topological polar surface area (TPSA) is 64.1 Å². The number of likely N-dealkylation sites (tertiary alicyclic amines) is 3. The largest absolute Gasteiger partial charge is 0.508 e. The molecule has 3 heterocycles. The number of hydrogen-bond donors (Lipinski definition) is 1. The van der Waals surface area contributed by atoms with E-state index in [-0.39, 0.29) is 17.6 Å². The monoisotopic (exact) mass is 399 g/mol. The molecule has 3 aliphatic rings. The molecule has 3 saturated heterocycles. The fourth-order valence-corrected chi connectivity index (χ4v) is 5.09. The first-order valence-corrected chi connectivity index (χ1v) is 11.1. The molecule has 4 rings (SSSR count). The Kier molecular flexibility index (Phi) is 6.09. The second-order valence-corrected chi connectivity index (χ2v) is 8.89. The third-order valence-electron chi connectivity index (χ3n) is 6.94. The number of phenolic OH excluding ortho intramolecular Hbond substituents is 1. The van der Waals surface area contributed by atoms with Crippen LogP contribution >= 0.6 is 0 Å². The van der Waals surface area contributed by atoms with Crippen LogP contribution in [0.3, 0.4) is 0 Å². The molecule has 0 saturated carbocycles. The van der Waals surface area contributed by atoms with E-state index in [1.165, 1.54) is 0 Å². The van der Waals surface area contributed by atoms with Crippen LogP contribution in [0.1, 0.15) is 54.4 Å². The van der Waals surface area contributed by atoms with Gasteiger partial charge >= 0.3 is 0 Å². The molecular formula is C23H33N3O3. The molecular weight excluding hydrogens is 366 g/mol. The van der Waals surface area contributed by atoms with Gasteiger partial charge in [0, 0.05) is 44.3 Å². The Morgan fingerprint density at radius 2 is 1.66 bits per heavy atom. The molecule has 29 heavy (non-hydrogen) atoms. The summed E-state index contributed by atoms with van der Waals surface area (Å²) in [6.45, 7) is 7.11. The molecule has 0 spiro atoms. The number of rotatable bonds is 3. The molecule has 2 amide bonds. The van der Waals surface area contributed by atoms with Crippen LogP contribution in [0, 0.1) is 12.8 Å². The normalized spacial score (nSPS) is 24.1.